The van der Waals surface area contributed by atoms with E-state index in [1.54, 1.807) is 0 Å². The van der Waals surface area contributed by atoms with E-state index in [4.69, 9.17) is 24.5 Å². The second-order valence-electron chi connectivity index (χ2n) is 5.79. The molecule has 0 radical (unpaired) electrons. The number of benzene rings is 2. The van der Waals surface area contributed by atoms with Gasteiger partial charge in [0.15, 0.2) is 0 Å². The number of thioether (sulfide) groups is 1. The molecule has 2 aromatic rings. The summed E-state index contributed by atoms with van der Waals surface area (Å²) in [5.74, 6) is -2.86. The molecular formula is C20H25NO6S. The van der Waals surface area contributed by atoms with Gasteiger partial charge in [-0.1, -0.05) is 43.3 Å². The maximum atomic E-state index is 9.92. The molecule has 152 valence electrons. The van der Waals surface area contributed by atoms with Gasteiger partial charge in [0.25, 0.3) is 0 Å². The number of aliphatic hydroxyl groups excluding tert-OH is 1. The highest BCUT2D eigenvalue weighted by Crippen LogP contribution is 2.21. The normalized spacial score (nSPS) is 12.2. The van der Waals surface area contributed by atoms with Crippen molar-refractivity contribution in [2.24, 2.45) is 0 Å². The van der Waals surface area contributed by atoms with Crippen molar-refractivity contribution in [1.82, 2.24) is 5.32 Å². The molecule has 0 saturated carbocycles. The van der Waals surface area contributed by atoms with Crippen molar-refractivity contribution in [3.63, 3.8) is 0 Å². The van der Waals surface area contributed by atoms with E-state index in [1.165, 1.54) is 4.90 Å². The quantitative estimate of drug-likeness (QED) is 0.370. The van der Waals surface area contributed by atoms with Gasteiger partial charge in [-0.15, -0.1) is 11.8 Å². The monoisotopic (exact) mass is 407 g/mol. The summed E-state index contributed by atoms with van der Waals surface area (Å²) in [7, 11) is 0. The molecule has 0 aliphatic carbocycles. The number of hydrogen-bond acceptors (Lipinski definition) is 6. The largest absolute Gasteiger partial charge is 0.491 e. The van der Waals surface area contributed by atoms with Crippen LogP contribution in [0.1, 0.15) is 6.92 Å². The first-order chi connectivity index (χ1) is 13.4. The molecule has 7 nitrogen and oxygen atoms in total. The van der Waals surface area contributed by atoms with Gasteiger partial charge < -0.3 is 25.4 Å². The van der Waals surface area contributed by atoms with E-state index in [0.29, 0.717) is 18.4 Å². The minimum atomic E-state index is -1.82. The van der Waals surface area contributed by atoms with Crippen molar-refractivity contribution in [2.75, 3.05) is 19.7 Å². The van der Waals surface area contributed by atoms with Gasteiger partial charge in [0.1, 0.15) is 18.5 Å². The Morgan fingerprint density at radius 1 is 0.964 bits per heavy atom. The number of nitrogens with one attached hydrogen (secondary N) is 1. The minimum Gasteiger partial charge on any atom is -0.491 e. The fourth-order valence-corrected chi connectivity index (χ4v) is 2.97. The van der Waals surface area contributed by atoms with E-state index in [9.17, 15) is 5.11 Å². The maximum Gasteiger partial charge on any atom is 0.414 e. The van der Waals surface area contributed by atoms with E-state index in [1.807, 2.05) is 60.3 Å². The first-order valence-corrected chi connectivity index (χ1v) is 9.51. The van der Waals surface area contributed by atoms with Crippen LogP contribution >= 0.6 is 11.8 Å². The van der Waals surface area contributed by atoms with Gasteiger partial charge in [-0.05, 0) is 24.3 Å². The molecule has 2 rings (SSSR count). The Hall–Kier alpha value is -2.55. The number of aliphatic carboxylic acids is 2. The van der Waals surface area contributed by atoms with E-state index in [-0.39, 0.29) is 0 Å². The van der Waals surface area contributed by atoms with Crippen molar-refractivity contribution in [1.29, 1.82) is 0 Å². The molecule has 2 aromatic carbocycles. The molecule has 28 heavy (non-hydrogen) atoms. The van der Waals surface area contributed by atoms with E-state index < -0.39 is 18.0 Å². The molecule has 2 atom stereocenters. The summed E-state index contributed by atoms with van der Waals surface area (Å²) in [6.45, 7) is 3.86. The third-order valence-electron chi connectivity index (χ3n) is 3.26. The molecule has 0 heterocycles. The summed E-state index contributed by atoms with van der Waals surface area (Å²) in [6, 6.07) is 19.9. The van der Waals surface area contributed by atoms with Crippen LogP contribution in [-0.2, 0) is 9.59 Å². The summed E-state index contributed by atoms with van der Waals surface area (Å²) in [5.41, 5.74) is 0. The Morgan fingerprint density at radius 3 is 2.04 bits per heavy atom. The van der Waals surface area contributed by atoms with Crippen LogP contribution in [0.2, 0.25) is 0 Å². The van der Waals surface area contributed by atoms with Crippen LogP contribution in [0.4, 0.5) is 0 Å². The molecule has 8 heteroatoms. The Morgan fingerprint density at radius 2 is 1.50 bits per heavy atom. The predicted molar refractivity (Wildman–Crippen MR) is 108 cm³/mol. The van der Waals surface area contributed by atoms with Crippen molar-refractivity contribution in [3.05, 3.63) is 60.7 Å². The van der Waals surface area contributed by atoms with Crippen LogP contribution in [0.3, 0.4) is 0 Å². The lowest BCUT2D eigenvalue weighted by Gasteiger charge is -2.16. The molecule has 0 bridgehead atoms. The topological polar surface area (TPSA) is 116 Å². The Labute approximate surface area is 168 Å². The van der Waals surface area contributed by atoms with Gasteiger partial charge in [0.05, 0.1) is 0 Å². The summed E-state index contributed by atoms with van der Waals surface area (Å²) >= 11 is 1.83. The standard InChI is InChI=1S/C18H23NO2S.C2H2O4/c1-15(22-18-10-6-3-7-11-18)12-19-13-16(20)14-21-17-8-4-2-5-9-17;3-1(4)2(5)6/h2-11,15-16,19-20H,12-14H2,1H3;(H,3,4)(H,5,6). The summed E-state index contributed by atoms with van der Waals surface area (Å²) in [5, 5.41) is 28.4. The smallest absolute Gasteiger partial charge is 0.414 e. The van der Waals surface area contributed by atoms with Crippen molar-refractivity contribution in [3.8, 4) is 5.75 Å². The number of carboxylic acid groups (broad SMARTS) is 2. The number of carboxylic acids is 2. The van der Waals surface area contributed by atoms with Crippen molar-refractivity contribution >= 4 is 23.7 Å². The molecular weight excluding hydrogens is 382 g/mol. The van der Waals surface area contributed by atoms with Crippen LogP contribution in [0, 0.1) is 0 Å². The molecule has 0 aliphatic rings. The highest BCUT2D eigenvalue weighted by molar-refractivity contribution is 8.00. The van der Waals surface area contributed by atoms with Gasteiger partial charge in [-0.2, -0.15) is 0 Å². The first kappa shape index (κ1) is 23.5. The molecule has 2 unspecified atom stereocenters. The molecule has 0 amide bonds. The zero-order valence-corrected chi connectivity index (χ0v) is 16.3. The number of rotatable bonds is 9. The molecule has 0 aromatic heterocycles. The summed E-state index contributed by atoms with van der Waals surface area (Å²) in [4.78, 5) is 19.5. The van der Waals surface area contributed by atoms with Crippen LogP contribution < -0.4 is 10.1 Å². The number of aliphatic hydroxyl groups is 1. The number of para-hydroxylation sites is 1. The third kappa shape index (κ3) is 11.2. The fraction of sp³-hybridized carbons (Fsp3) is 0.300. The second-order valence-corrected chi connectivity index (χ2v) is 7.30. The van der Waals surface area contributed by atoms with Crippen LogP contribution in [-0.4, -0.2) is 58.3 Å². The Kier molecular flexibility index (Phi) is 11.4. The SMILES string of the molecule is CC(CNCC(O)COc1ccccc1)Sc1ccccc1.O=C(O)C(=O)O. The molecule has 4 N–H and O–H groups in total. The zero-order chi connectivity index (χ0) is 20.8. The highest BCUT2D eigenvalue weighted by Gasteiger charge is 2.08. The summed E-state index contributed by atoms with van der Waals surface area (Å²) in [6.07, 6.45) is -0.505. The number of carbonyl (C=O) groups is 2. The highest BCUT2D eigenvalue weighted by atomic mass is 32.2. The van der Waals surface area contributed by atoms with Gasteiger partial charge in [0.2, 0.25) is 0 Å². The molecule has 0 spiro atoms. The number of hydrogen-bond donors (Lipinski definition) is 4. The Balaban J connectivity index is 0.000000568. The lowest BCUT2D eigenvalue weighted by molar-refractivity contribution is -0.159. The molecule has 0 fully saturated rings. The van der Waals surface area contributed by atoms with Gasteiger partial charge in [0, 0.05) is 23.2 Å². The van der Waals surface area contributed by atoms with Crippen LogP contribution in [0.15, 0.2) is 65.6 Å². The predicted octanol–water partition coefficient (Wildman–Crippen LogP) is 2.35. The second kappa shape index (κ2) is 13.6. The maximum absolute atomic E-state index is 9.92. The van der Waals surface area contributed by atoms with Gasteiger partial charge in [-0.3, -0.25) is 0 Å². The van der Waals surface area contributed by atoms with Crippen LogP contribution in [0.25, 0.3) is 0 Å². The van der Waals surface area contributed by atoms with Crippen molar-refractivity contribution < 1.29 is 29.6 Å². The Bertz CT molecular complexity index is 686. The number of ether oxygens (including phenoxy) is 1. The average Bonchev–Trinajstić information content (AvgIpc) is 2.68. The average molecular weight is 407 g/mol. The lowest BCUT2D eigenvalue weighted by Crippen LogP contribution is -2.34. The zero-order valence-electron chi connectivity index (χ0n) is 15.5. The molecule has 0 aliphatic heterocycles. The van der Waals surface area contributed by atoms with E-state index in [0.717, 1.165) is 12.3 Å². The minimum absolute atomic E-state index is 0.303. The first-order valence-electron chi connectivity index (χ1n) is 8.63. The van der Waals surface area contributed by atoms with E-state index in [2.05, 4.69) is 24.4 Å². The summed E-state index contributed by atoms with van der Waals surface area (Å²) < 4.78 is 5.53. The lowest BCUT2D eigenvalue weighted by atomic mass is 10.3. The van der Waals surface area contributed by atoms with E-state index >= 15 is 0 Å². The third-order valence-corrected chi connectivity index (χ3v) is 4.37. The van der Waals surface area contributed by atoms with Gasteiger partial charge in [-0.25, -0.2) is 9.59 Å². The molecule has 0 saturated heterocycles. The van der Waals surface area contributed by atoms with Crippen LogP contribution in [0.5, 0.6) is 5.75 Å². The van der Waals surface area contributed by atoms with Gasteiger partial charge >= 0.3 is 11.9 Å². The fourth-order valence-electron chi connectivity index (χ4n) is 1.99. The van der Waals surface area contributed by atoms with Crippen molar-refractivity contribution in [2.45, 2.75) is 23.2 Å².